The Labute approximate surface area is 221 Å². The highest BCUT2D eigenvalue weighted by molar-refractivity contribution is 7.20. The van der Waals surface area contributed by atoms with Crippen molar-refractivity contribution in [2.75, 3.05) is 7.05 Å². The number of hydrogen-bond donors (Lipinski definition) is 2. The summed E-state index contributed by atoms with van der Waals surface area (Å²) in [7, 11) is 1.63. The molecule has 0 aliphatic heterocycles. The van der Waals surface area contributed by atoms with Gasteiger partial charge in [-0.05, 0) is 29.0 Å². The molecule has 2 aromatic carbocycles. The predicted octanol–water partition coefficient (Wildman–Crippen LogP) is 5.40. The van der Waals surface area contributed by atoms with E-state index >= 15 is 0 Å². The van der Waals surface area contributed by atoms with Crippen LogP contribution in [0.2, 0.25) is 0 Å². The monoisotopic (exact) mass is 536 g/mol. The lowest BCUT2D eigenvalue weighted by atomic mass is 10.00. The molecule has 190 valence electrons. The Balaban J connectivity index is 1.65. The first kappa shape index (κ1) is 26.0. The van der Waals surface area contributed by atoms with E-state index in [1.807, 2.05) is 53.2 Å². The SMILES string of the molecule is CN(C(=O)[C@H](Cc1ccccc1)NC(=O)O)[C@@H](Cc1ccc([N+](=O)[O-])cc1)c1csc(-c2cccs2)n1. The average Bonchev–Trinajstić information content (AvgIpc) is 3.59. The largest absolute Gasteiger partial charge is 0.465 e. The van der Waals surface area contributed by atoms with Crippen LogP contribution in [-0.2, 0) is 17.6 Å². The van der Waals surface area contributed by atoms with Gasteiger partial charge in [0, 0.05) is 31.0 Å². The molecule has 4 rings (SSSR count). The van der Waals surface area contributed by atoms with E-state index in [4.69, 9.17) is 4.98 Å². The Kier molecular flexibility index (Phi) is 8.26. The van der Waals surface area contributed by atoms with E-state index in [-0.39, 0.29) is 12.1 Å². The second kappa shape index (κ2) is 11.8. The van der Waals surface area contributed by atoms with Gasteiger partial charge in [0.2, 0.25) is 5.91 Å². The number of thiophene rings is 1. The second-order valence-corrected chi connectivity index (χ2v) is 10.1. The topological polar surface area (TPSA) is 126 Å². The van der Waals surface area contributed by atoms with Crippen LogP contribution in [-0.4, -0.2) is 45.0 Å². The van der Waals surface area contributed by atoms with Crippen molar-refractivity contribution < 1.29 is 19.6 Å². The maximum atomic E-state index is 13.7. The maximum absolute atomic E-state index is 13.7. The number of carboxylic acid groups (broad SMARTS) is 1. The molecule has 0 aliphatic carbocycles. The Morgan fingerprint density at radius 3 is 2.35 bits per heavy atom. The van der Waals surface area contributed by atoms with Crippen molar-refractivity contribution in [3.05, 3.63) is 104 Å². The molecule has 0 unspecified atom stereocenters. The molecule has 0 radical (unpaired) electrons. The van der Waals surface area contributed by atoms with E-state index in [0.29, 0.717) is 12.1 Å². The Hall–Kier alpha value is -4.09. The van der Waals surface area contributed by atoms with Gasteiger partial charge in [0.15, 0.2) is 0 Å². The van der Waals surface area contributed by atoms with Crippen molar-refractivity contribution >= 4 is 40.4 Å². The summed E-state index contributed by atoms with van der Waals surface area (Å²) in [4.78, 5) is 43.1. The number of carbonyl (C=O) groups excluding carboxylic acids is 1. The molecule has 2 aromatic heterocycles. The number of nitrogens with one attached hydrogen (secondary N) is 1. The number of carbonyl (C=O) groups is 2. The number of hydrogen-bond acceptors (Lipinski definition) is 7. The molecular weight excluding hydrogens is 512 g/mol. The third-order valence-corrected chi connectivity index (χ3v) is 7.76. The molecule has 0 aliphatic rings. The van der Waals surface area contributed by atoms with Gasteiger partial charge in [0.25, 0.3) is 5.69 Å². The second-order valence-electron chi connectivity index (χ2n) is 8.34. The third kappa shape index (κ3) is 6.57. The van der Waals surface area contributed by atoms with E-state index in [9.17, 15) is 24.8 Å². The minimum atomic E-state index is -1.29. The first-order valence-electron chi connectivity index (χ1n) is 11.3. The number of rotatable bonds is 10. The van der Waals surface area contributed by atoms with Crippen LogP contribution in [0.15, 0.2) is 77.5 Å². The van der Waals surface area contributed by atoms with Gasteiger partial charge >= 0.3 is 6.09 Å². The fraction of sp³-hybridized carbons (Fsp3) is 0.192. The van der Waals surface area contributed by atoms with Gasteiger partial charge in [-0.3, -0.25) is 14.9 Å². The zero-order valence-corrected chi connectivity index (χ0v) is 21.4. The summed E-state index contributed by atoms with van der Waals surface area (Å²) in [6.45, 7) is 0. The van der Waals surface area contributed by atoms with Crippen LogP contribution in [0.3, 0.4) is 0 Å². The predicted molar refractivity (Wildman–Crippen MR) is 143 cm³/mol. The molecule has 2 atom stereocenters. The molecule has 2 amide bonds. The summed E-state index contributed by atoms with van der Waals surface area (Å²) >= 11 is 3.03. The molecule has 0 saturated carbocycles. The van der Waals surface area contributed by atoms with Crippen molar-refractivity contribution in [1.82, 2.24) is 15.2 Å². The molecule has 0 bridgehead atoms. The lowest BCUT2D eigenvalue weighted by Gasteiger charge is -2.30. The Bertz CT molecular complexity index is 1360. The highest BCUT2D eigenvalue weighted by Crippen LogP contribution is 2.33. The molecule has 4 aromatic rings. The summed E-state index contributed by atoms with van der Waals surface area (Å²) in [5, 5.41) is 27.5. The quantitative estimate of drug-likeness (QED) is 0.206. The van der Waals surface area contributed by atoms with Crippen LogP contribution in [0.25, 0.3) is 9.88 Å². The highest BCUT2D eigenvalue weighted by Gasteiger charge is 2.31. The zero-order valence-electron chi connectivity index (χ0n) is 19.8. The van der Waals surface area contributed by atoms with Crippen LogP contribution in [0.4, 0.5) is 10.5 Å². The van der Waals surface area contributed by atoms with Gasteiger partial charge in [-0.1, -0.05) is 48.5 Å². The van der Waals surface area contributed by atoms with E-state index in [2.05, 4.69) is 5.32 Å². The van der Waals surface area contributed by atoms with Gasteiger partial charge < -0.3 is 15.3 Å². The number of aromatic nitrogens is 1. The standard InChI is InChI=1S/C26H24N4O5S2/c1-29(25(31)20(28-26(32)33)14-17-6-3-2-4-7-17)22(15-18-9-11-19(12-10-18)30(34)35)21-16-37-24(27-21)23-8-5-13-36-23/h2-13,16,20,22,28H,14-15H2,1H3,(H,32,33)/t20-,22-/m0/s1. The average molecular weight is 537 g/mol. The van der Waals surface area contributed by atoms with Crippen molar-refractivity contribution in [1.29, 1.82) is 0 Å². The van der Waals surface area contributed by atoms with Crippen LogP contribution in [0.1, 0.15) is 22.9 Å². The fourth-order valence-corrected chi connectivity index (χ4v) is 5.65. The number of amides is 2. The number of nitro groups is 1. The van der Waals surface area contributed by atoms with Gasteiger partial charge in [-0.2, -0.15) is 0 Å². The van der Waals surface area contributed by atoms with Gasteiger partial charge in [-0.25, -0.2) is 9.78 Å². The molecule has 9 nitrogen and oxygen atoms in total. The smallest absolute Gasteiger partial charge is 0.405 e. The molecule has 0 spiro atoms. The lowest BCUT2D eigenvalue weighted by molar-refractivity contribution is -0.384. The zero-order chi connectivity index (χ0) is 26.4. The molecule has 11 heteroatoms. The number of benzene rings is 2. The van der Waals surface area contributed by atoms with Crippen molar-refractivity contribution in [2.45, 2.75) is 24.9 Å². The third-order valence-electron chi connectivity index (χ3n) is 5.87. The molecular formula is C26H24N4O5S2. The highest BCUT2D eigenvalue weighted by atomic mass is 32.1. The normalized spacial score (nSPS) is 12.5. The van der Waals surface area contributed by atoms with Crippen molar-refractivity contribution in [3.8, 4) is 9.88 Å². The number of thiazole rings is 1. The molecule has 0 fully saturated rings. The van der Waals surface area contributed by atoms with Crippen molar-refractivity contribution in [3.63, 3.8) is 0 Å². The number of non-ortho nitro benzene ring substituents is 1. The van der Waals surface area contributed by atoms with Crippen molar-refractivity contribution in [2.24, 2.45) is 0 Å². The van der Waals surface area contributed by atoms with E-state index < -0.39 is 29.0 Å². The first-order chi connectivity index (χ1) is 17.8. The maximum Gasteiger partial charge on any atom is 0.405 e. The minimum Gasteiger partial charge on any atom is -0.465 e. The van der Waals surface area contributed by atoms with Gasteiger partial charge in [0.1, 0.15) is 11.0 Å². The van der Waals surface area contributed by atoms with Gasteiger partial charge in [-0.15, -0.1) is 22.7 Å². The van der Waals surface area contributed by atoms with Crippen LogP contribution in [0.5, 0.6) is 0 Å². The number of likely N-dealkylation sites (N-methyl/N-ethyl adjacent to an activating group) is 1. The fourth-order valence-electron chi connectivity index (χ4n) is 3.97. The molecule has 0 saturated heterocycles. The van der Waals surface area contributed by atoms with E-state index in [1.54, 1.807) is 30.5 Å². The molecule has 2 heterocycles. The molecule has 37 heavy (non-hydrogen) atoms. The Morgan fingerprint density at radius 2 is 1.73 bits per heavy atom. The Morgan fingerprint density at radius 1 is 1.03 bits per heavy atom. The summed E-state index contributed by atoms with van der Waals surface area (Å²) in [5.74, 6) is -0.399. The van der Waals surface area contributed by atoms with E-state index in [1.165, 1.54) is 28.4 Å². The van der Waals surface area contributed by atoms with Crippen LogP contribution < -0.4 is 5.32 Å². The number of nitrogens with zero attached hydrogens (tertiary/aromatic N) is 3. The first-order valence-corrected chi connectivity index (χ1v) is 13.1. The summed E-state index contributed by atoms with van der Waals surface area (Å²) in [6.07, 6.45) is -0.750. The number of nitro benzene ring substituents is 1. The lowest BCUT2D eigenvalue weighted by Crippen LogP contribution is -2.49. The summed E-state index contributed by atoms with van der Waals surface area (Å²) in [6, 6.07) is 17.8. The summed E-state index contributed by atoms with van der Waals surface area (Å²) in [5.41, 5.74) is 2.25. The van der Waals surface area contributed by atoms with Gasteiger partial charge in [0.05, 0.1) is 21.5 Å². The molecule has 2 N–H and O–H groups in total. The van der Waals surface area contributed by atoms with Crippen LogP contribution >= 0.6 is 22.7 Å². The van der Waals surface area contributed by atoms with Crippen LogP contribution in [0, 0.1) is 10.1 Å². The summed E-state index contributed by atoms with van der Waals surface area (Å²) < 4.78 is 0. The minimum absolute atomic E-state index is 0.0213. The van der Waals surface area contributed by atoms with E-state index in [0.717, 1.165) is 21.0 Å².